The topological polar surface area (TPSA) is 20.3 Å². The number of nitrogens with zero attached hydrogens (tertiary/aromatic N) is 2. The van der Waals surface area contributed by atoms with Crippen molar-refractivity contribution in [3.05, 3.63) is 123 Å². The predicted octanol–water partition coefficient (Wildman–Crippen LogP) is 9.64. The molecule has 0 radical (unpaired) electrons. The van der Waals surface area contributed by atoms with E-state index in [1.54, 1.807) is 30.4 Å². The Hall–Kier alpha value is -3.11. The molecule has 220 valence electrons. The average Bonchev–Trinajstić information content (AvgIpc) is 2.97. The Kier molecular flexibility index (Phi) is 11.3. The van der Waals surface area contributed by atoms with Gasteiger partial charge in [-0.05, 0) is 92.8 Å². The lowest BCUT2D eigenvalue weighted by atomic mass is 10.1. The van der Waals surface area contributed by atoms with E-state index in [4.69, 9.17) is 23.2 Å². The Balaban J connectivity index is 1.47. The van der Waals surface area contributed by atoms with Crippen LogP contribution in [0.3, 0.4) is 0 Å². The van der Waals surface area contributed by atoms with E-state index < -0.39 is 0 Å². The molecular formula is C37H43Cl2N2O+. The summed E-state index contributed by atoms with van der Waals surface area (Å²) in [5.41, 5.74) is 5.92. The lowest BCUT2D eigenvalue weighted by Gasteiger charge is -2.37. The number of fused-ring (bicyclic) bond motifs is 1. The highest BCUT2D eigenvalue weighted by Crippen LogP contribution is 2.23. The van der Waals surface area contributed by atoms with Crippen LogP contribution >= 0.6 is 23.2 Å². The van der Waals surface area contributed by atoms with E-state index in [1.165, 1.54) is 27.5 Å². The van der Waals surface area contributed by atoms with Gasteiger partial charge in [0.25, 0.3) is 0 Å². The second-order valence-corrected chi connectivity index (χ2v) is 12.3. The number of carbonyl (C=O) groups excluding carboxylic acids is 1. The number of benzene rings is 4. The SMILES string of the molecule is CC[N+](CC)(CCCCN(Cc1ccc2ccccc2c1)C(=O)/C=C/c1cc(Cl)ccc1Cl)Cc1cc(C)cc(C)c1. The first kappa shape index (κ1) is 31.8. The van der Waals surface area contributed by atoms with Gasteiger partial charge in [-0.2, -0.15) is 0 Å². The van der Waals surface area contributed by atoms with Crippen LogP contribution in [0.5, 0.6) is 0 Å². The number of halogens is 2. The number of carbonyl (C=O) groups is 1. The van der Waals surface area contributed by atoms with E-state index in [2.05, 4.69) is 88.4 Å². The summed E-state index contributed by atoms with van der Waals surface area (Å²) in [4.78, 5) is 15.5. The molecule has 42 heavy (non-hydrogen) atoms. The van der Waals surface area contributed by atoms with Crippen LogP contribution in [-0.4, -0.2) is 41.5 Å². The Morgan fingerprint density at radius 2 is 1.52 bits per heavy atom. The van der Waals surface area contributed by atoms with Gasteiger partial charge in [0.1, 0.15) is 6.54 Å². The van der Waals surface area contributed by atoms with Gasteiger partial charge in [0.2, 0.25) is 5.91 Å². The smallest absolute Gasteiger partial charge is 0.246 e. The Morgan fingerprint density at radius 3 is 2.24 bits per heavy atom. The van der Waals surface area contributed by atoms with E-state index in [1.807, 2.05) is 4.90 Å². The molecule has 5 heteroatoms. The molecule has 4 aromatic rings. The Bertz CT molecular complexity index is 1520. The van der Waals surface area contributed by atoms with Crippen LogP contribution in [0.2, 0.25) is 10.0 Å². The predicted molar refractivity (Wildman–Crippen MR) is 180 cm³/mol. The van der Waals surface area contributed by atoms with Crippen molar-refractivity contribution in [3.8, 4) is 0 Å². The van der Waals surface area contributed by atoms with Gasteiger partial charge < -0.3 is 9.38 Å². The van der Waals surface area contributed by atoms with Crippen LogP contribution in [0.4, 0.5) is 0 Å². The van der Waals surface area contributed by atoms with Crippen molar-refractivity contribution >= 4 is 46.0 Å². The summed E-state index contributed by atoms with van der Waals surface area (Å²) < 4.78 is 1.05. The monoisotopic (exact) mass is 601 g/mol. The summed E-state index contributed by atoms with van der Waals surface area (Å²) in [5.74, 6) is -0.0267. The molecule has 0 spiro atoms. The van der Waals surface area contributed by atoms with Crippen molar-refractivity contribution in [2.75, 3.05) is 26.2 Å². The molecule has 4 aromatic carbocycles. The van der Waals surface area contributed by atoms with Crippen LogP contribution in [0.1, 0.15) is 54.5 Å². The molecule has 0 saturated heterocycles. The van der Waals surface area contributed by atoms with E-state index >= 15 is 0 Å². The molecule has 0 aliphatic rings. The van der Waals surface area contributed by atoms with Crippen LogP contribution in [0.15, 0.2) is 84.9 Å². The van der Waals surface area contributed by atoms with Gasteiger partial charge in [-0.15, -0.1) is 0 Å². The van der Waals surface area contributed by atoms with E-state index in [9.17, 15) is 4.79 Å². The zero-order valence-electron chi connectivity index (χ0n) is 25.4. The lowest BCUT2D eigenvalue weighted by Crippen LogP contribution is -2.47. The molecule has 0 bridgehead atoms. The fourth-order valence-corrected chi connectivity index (χ4v) is 6.23. The van der Waals surface area contributed by atoms with Crippen molar-refractivity contribution < 1.29 is 9.28 Å². The number of rotatable bonds is 13. The highest BCUT2D eigenvalue weighted by atomic mass is 35.5. The maximum atomic E-state index is 13.5. The summed E-state index contributed by atoms with van der Waals surface area (Å²) >= 11 is 12.5. The molecule has 0 aliphatic heterocycles. The molecule has 3 nitrogen and oxygen atoms in total. The third-order valence-corrected chi connectivity index (χ3v) is 8.89. The van der Waals surface area contributed by atoms with Crippen molar-refractivity contribution in [1.82, 2.24) is 4.90 Å². The van der Waals surface area contributed by atoms with Gasteiger partial charge in [0.05, 0.1) is 19.6 Å². The molecule has 1 amide bonds. The third-order valence-electron chi connectivity index (χ3n) is 8.31. The minimum absolute atomic E-state index is 0.0267. The zero-order valence-corrected chi connectivity index (χ0v) is 26.9. The fraction of sp³-hybridized carbons (Fsp3) is 0.324. The number of quaternary nitrogens is 1. The average molecular weight is 603 g/mol. The molecule has 0 aromatic heterocycles. The second-order valence-electron chi connectivity index (χ2n) is 11.5. The molecule has 4 rings (SSSR count). The van der Waals surface area contributed by atoms with Crippen LogP contribution in [-0.2, 0) is 17.9 Å². The standard InChI is InChI=1S/C37H43Cl2N2O/c1-5-41(6-2,27-31-22-28(3)21-29(4)23-31)20-10-9-19-40(26-30-13-14-32-11-7-8-12-33(32)24-30)37(42)18-15-34-25-35(38)16-17-36(34)39/h7-8,11-18,21-25H,5-6,9-10,19-20,26-27H2,1-4H3/q+1/b18-15+. The van der Waals surface area contributed by atoms with Crippen LogP contribution in [0, 0.1) is 13.8 Å². The summed E-state index contributed by atoms with van der Waals surface area (Å²) in [7, 11) is 0. The number of aryl methyl sites for hydroxylation is 2. The largest absolute Gasteiger partial charge is 0.335 e. The van der Waals surface area contributed by atoms with Gasteiger partial charge in [0.15, 0.2) is 0 Å². The first-order valence-electron chi connectivity index (χ1n) is 15.0. The Labute approximate surface area is 262 Å². The minimum Gasteiger partial charge on any atom is -0.335 e. The van der Waals surface area contributed by atoms with Gasteiger partial charge in [0, 0.05) is 34.8 Å². The fourth-order valence-electron chi connectivity index (χ4n) is 5.87. The van der Waals surface area contributed by atoms with Crippen molar-refractivity contribution in [2.45, 2.75) is 53.6 Å². The van der Waals surface area contributed by atoms with E-state index in [-0.39, 0.29) is 5.91 Å². The molecular weight excluding hydrogens is 559 g/mol. The van der Waals surface area contributed by atoms with Gasteiger partial charge in [-0.1, -0.05) is 88.9 Å². The highest BCUT2D eigenvalue weighted by Gasteiger charge is 2.24. The molecule has 0 fully saturated rings. The lowest BCUT2D eigenvalue weighted by molar-refractivity contribution is -0.938. The highest BCUT2D eigenvalue weighted by molar-refractivity contribution is 6.34. The van der Waals surface area contributed by atoms with Crippen molar-refractivity contribution in [2.24, 2.45) is 0 Å². The first-order chi connectivity index (χ1) is 20.2. The first-order valence-corrected chi connectivity index (χ1v) is 15.8. The van der Waals surface area contributed by atoms with Crippen LogP contribution < -0.4 is 0 Å². The maximum Gasteiger partial charge on any atom is 0.246 e. The number of hydrogen-bond donors (Lipinski definition) is 0. The summed E-state index contributed by atoms with van der Waals surface area (Å²) in [6, 6.07) is 27.0. The molecule has 0 saturated carbocycles. The maximum absolute atomic E-state index is 13.5. The molecule has 0 atom stereocenters. The van der Waals surface area contributed by atoms with Gasteiger partial charge in [-0.25, -0.2) is 0 Å². The zero-order chi connectivity index (χ0) is 30.1. The van der Waals surface area contributed by atoms with Gasteiger partial charge in [-0.3, -0.25) is 4.79 Å². The normalized spacial score (nSPS) is 11.9. The van der Waals surface area contributed by atoms with Crippen molar-refractivity contribution in [1.29, 1.82) is 0 Å². The quantitative estimate of drug-likeness (QED) is 0.0848. The summed E-state index contributed by atoms with van der Waals surface area (Å²) in [6.45, 7) is 14.5. The second kappa shape index (κ2) is 14.9. The number of unbranched alkanes of at least 4 members (excludes halogenated alkanes) is 1. The van der Waals surface area contributed by atoms with Gasteiger partial charge >= 0.3 is 0 Å². The third kappa shape index (κ3) is 8.70. The minimum atomic E-state index is -0.0267. The molecule has 0 unspecified atom stereocenters. The summed E-state index contributed by atoms with van der Waals surface area (Å²) in [5, 5.41) is 3.55. The van der Waals surface area contributed by atoms with E-state index in [0.29, 0.717) is 23.1 Å². The molecule has 0 heterocycles. The van der Waals surface area contributed by atoms with Crippen LogP contribution in [0.25, 0.3) is 16.8 Å². The van der Waals surface area contributed by atoms with E-state index in [0.717, 1.165) is 54.6 Å². The summed E-state index contributed by atoms with van der Waals surface area (Å²) in [6.07, 6.45) is 5.39. The number of amides is 1. The number of hydrogen-bond acceptors (Lipinski definition) is 1. The molecule has 0 N–H and O–H groups in total. The molecule has 0 aliphatic carbocycles. The Morgan fingerprint density at radius 1 is 0.810 bits per heavy atom. The van der Waals surface area contributed by atoms with Crippen molar-refractivity contribution in [3.63, 3.8) is 0 Å².